The van der Waals surface area contributed by atoms with E-state index >= 15 is 0 Å². The van der Waals surface area contributed by atoms with Crippen LogP contribution < -0.4 is 5.56 Å². The molecule has 0 amide bonds. The van der Waals surface area contributed by atoms with E-state index in [9.17, 15) is 9.18 Å². The average molecular weight is 341 g/mol. The third kappa shape index (κ3) is 2.31. The summed E-state index contributed by atoms with van der Waals surface area (Å²) in [7, 11) is 0. The van der Waals surface area contributed by atoms with Gasteiger partial charge in [0, 0.05) is 18.9 Å². The number of aromatic nitrogens is 5. The smallest absolute Gasteiger partial charge is 0.262 e. The minimum atomic E-state index is -0.463. The lowest BCUT2D eigenvalue weighted by Crippen LogP contribution is -2.24. The Balaban J connectivity index is 1.94. The second kappa shape index (κ2) is 5.64. The highest BCUT2D eigenvalue weighted by Crippen LogP contribution is 2.15. The molecule has 0 aliphatic heterocycles. The third-order valence-corrected chi connectivity index (χ3v) is 4.22. The molecule has 0 spiro atoms. The molecule has 0 fully saturated rings. The van der Waals surface area contributed by atoms with Crippen molar-refractivity contribution in [2.24, 2.45) is 0 Å². The molecule has 4 aromatic rings. The van der Waals surface area contributed by atoms with Gasteiger partial charge in [0.25, 0.3) is 5.56 Å². The maximum absolute atomic E-state index is 13.6. The van der Waals surface area contributed by atoms with E-state index in [-0.39, 0.29) is 10.9 Å². The fourth-order valence-electron chi connectivity index (χ4n) is 2.79. The predicted molar refractivity (Wildman–Crippen MR) is 90.0 cm³/mol. The molecule has 0 saturated carbocycles. The second-order valence-corrected chi connectivity index (χ2v) is 5.77. The summed E-state index contributed by atoms with van der Waals surface area (Å²) in [5, 5.41) is 7.14. The summed E-state index contributed by atoms with van der Waals surface area (Å²) in [6, 6.07) is 7.85. The molecule has 3 heterocycles. The van der Waals surface area contributed by atoms with E-state index in [4.69, 9.17) is 12.2 Å². The molecule has 8 heteroatoms. The molecule has 4 rings (SSSR count). The fourth-order valence-corrected chi connectivity index (χ4v) is 3.02. The second-order valence-electron chi connectivity index (χ2n) is 5.39. The van der Waals surface area contributed by atoms with Crippen LogP contribution >= 0.6 is 12.2 Å². The van der Waals surface area contributed by atoms with Gasteiger partial charge in [0.05, 0.1) is 10.9 Å². The van der Waals surface area contributed by atoms with E-state index in [1.54, 1.807) is 16.8 Å². The highest BCUT2D eigenvalue weighted by atomic mass is 32.1. The van der Waals surface area contributed by atoms with Gasteiger partial charge in [0.15, 0.2) is 0 Å². The molecule has 0 atom stereocenters. The van der Waals surface area contributed by atoms with E-state index in [1.165, 1.54) is 22.8 Å². The molecule has 0 aliphatic carbocycles. The van der Waals surface area contributed by atoms with Crippen LogP contribution in [0.3, 0.4) is 0 Å². The van der Waals surface area contributed by atoms with E-state index in [0.29, 0.717) is 29.0 Å². The van der Waals surface area contributed by atoms with Crippen LogP contribution in [-0.2, 0) is 13.0 Å². The van der Waals surface area contributed by atoms with Gasteiger partial charge in [-0.15, -0.1) is 5.10 Å². The quantitative estimate of drug-likeness (QED) is 0.581. The van der Waals surface area contributed by atoms with Crippen molar-refractivity contribution in [3.8, 4) is 0 Å². The number of benzene rings is 1. The van der Waals surface area contributed by atoms with Crippen molar-refractivity contribution in [3.05, 3.63) is 69.2 Å². The molecule has 0 aliphatic rings. The van der Waals surface area contributed by atoms with Crippen LogP contribution in [0.4, 0.5) is 4.39 Å². The fraction of sp³-hybridized carbons (Fsp3) is 0.125. The van der Waals surface area contributed by atoms with Gasteiger partial charge >= 0.3 is 0 Å². The molecule has 24 heavy (non-hydrogen) atoms. The number of fused-ring (bicyclic) bond motifs is 3. The van der Waals surface area contributed by atoms with Crippen molar-refractivity contribution in [3.63, 3.8) is 0 Å². The average Bonchev–Trinajstić information content (AvgIpc) is 2.97. The monoisotopic (exact) mass is 341 g/mol. The number of hydrogen-bond donors (Lipinski definition) is 1. The van der Waals surface area contributed by atoms with Crippen molar-refractivity contribution in [2.75, 3.05) is 0 Å². The van der Waals surface area contributed by atoms with Crippen LogP contribution in [0.25, 0.3) is 16.7 Å². The van der Waals surface area contributed by atoms with Crippen LogP contribution in [0.5, 0.6) is 0 Å². The number of aromatic amines is 1. The first kappa shape index (κ1) is 14.7. The largest absolute Gasteiger partial charge is 0.276 e. The van der Waals surface area contributed by atoms with Crippen LogP contribution in [-0.4, -0.2) is 24.1 Å². The minimum Gasteiger partial charge on any atom is -0.276 e. The molecule has 6 nitrogen and oxygen atoms in total. The highest BCUT2D eigenvalue weighted by molar-refractivity contribution is 7.71. The first-order valence-corrected chi connectivity index (χ1v) is 7.74. The summed E-state index contributed by atoms with van der Waals surface area (Å²) < 4.78 is 17.1. The minimum absolute atomic E-state index is 0.273. The Labute approximate surface area is 140 Å². The van der Waals surface area contributed by atoms with Crippen LogP contribution in [0.15, 0.2) is 47.5 Å². The maximum atomic E-state index is 13.6. The van der Waals surface area contributed by atoms with Crippen molar-refractivity contribution < 1.29 is 4.39 Å². The third-order valence-electron chi connectivity index (χ3n) is 3.94. The van der Waals surface area contributed by atoms with E-state index < -0.39 is 5.82 Å². The molecule has 0 radical (unpaired) electrons. The highest BCUT2D eigenvalue weighted by Gasteiger charge is 2.14. The number of pyridine rings is 1. The molecular weight excluding hydrogens is 329 g/mol. The summed E-state index contributed by atoms with van der Waals surface area (Å²) in [5.74, 6) is -0.0483. The zero-order valence-electron chi connectivity index (χ0n) is 12.4. The van der Waals surface area contributed by atoms with Gasteiger partial charge in [0.1, 0.15) is 5.82 Å². The van der Waals surface area contributed by atoms with Crippen molar-refractivity contribution >= 4 is 28.9 Å². The number of nitrogens with one attached hydrogen (secondary N) is 1. The molecule has 120 valence electrons. The van der Waals surface area contributed by atoms with Gasteiger partial charge in [-0.05, 0) is 54.5 Å². The van der Waals surface area contributed by atoms with E-state index in [2.05, 4.69) is 15.2 Å². The molecule has 0 saturated heterocycles. The summed E-state index contributed by atoms with van der Waals surface area (Å²) in [5.41, 5.74) is 1.29. The van der Waals surface area contributed by atoms with Gasteiger partial charge in [-0.25, -0.2) is 9.49 Å². The molecule has 1 aromatic carbocycles. The zero-order chi connectivity index (χ0) is 16.7. The Hall–Kier alpha value is -2.87. The lowest BCUT2D eigenvalue weighted by Gasteiger charge is -2.10. The summed E-state index contributed by atoms with van der Waals surface area (Å²) in [6.45, 7) is 0.401. The molecular formula is C16H12FN5OS. The lowest BCUT2D eigenvalue weighted by molar-refractivity contribution is 0.628. The number of H-pyrrole nitrogens is 1. The van der Waals surface area contributed by atoms with Gasteiger partial charge in [-0.1, -0.05) is 0 Å². The van der Waals surface area contributed by atoms with Crippen LogP contribution in [0.2, 0.25) is 0 Å². The van der Waals surface area contributed by atoms with Crippen molar-refractivity contribution in [1.29, 1.82) is 0 Å². The SMILES string of the molecule is O=c1c2cc(F)ccc2n2c(=S)[nH]nc2n1CCc1ccncc1. The normalized spacial score (nSPS) is 11.4. The lowest BCUT2D eigenvalue weighted by atomic mass is 10.2. The number of nitrogens with zero attached hydrogens (tertiary/aromatic N) is 4. The topological polar surface area (TPSA) is 68.0 Å². The Morgan fingerprint density at radius 1 is 1.21 bits per heavy atom. The first-order valence-electron chi connectivity index (χ1n) is 7.33. The summed E-state index contributed by atoms with van der Waals surface area (Å²) in [4.78, 5) is 16.8. The molecule has 1 N–H and O–H groups in total. The van der Waals surface area contributed by atoms with Gasteiger partial charge in [0.2, 0.25) is 10.5 Å². The molecule has 0 bridgehead atoms. The summed E-state index contributed by atoms with van der Waals surface area (Å²) >= 11 is 5.26. The van der Waals surface area contributed by atoms with Crippen LogP contribution in [0, 0.1) is 10.6 Å². The first-order chi connectivity index (χ1) is 11.6. The van der Waals surface area contributed by atoms with Crippen LogP contribution in [0.1, 0.15) is 5.56 Å². The Morgan fingerprint density at radius 3 is 2.79 bits per heavy atom. The predicted octanol–water partition coefficient (Wildman–Crippen LogP) is 2.48. The Morgan fingerprint density at radius 2 is 2.00 bits per heavy atom. The molecule has 3 aromatic heterocycles. The number of rotatable bonds is 3. The maximum Gasteiger partial charge on any atom is 0.262 e. The number of aryl methyl sites for hydroxylation is 2. The summed E-state index contributed by atoms with van der Waals surface area (Å²) in [6.07, 6.45) is 4.03. The van der Waals surface area contributed by atoms with Gasteiger partial charge in [-0.3, -0.25) is 18.7 Å². The molecule has 0 unspecified atom stereocenters. The van der Waals surface area contributed by atoms with Crippen molar-refractivity contribution in [1.82, 2.24) is 24.1 Å². The zero-order valence-corrected chi connectivity index (χ0v) is 13.3. The number of hydrogen-bond acceptors (Lipinski definition) is 4. The van der Waals surface area contributed by atoms with E-state index in [1.807, 2.05) is 12.1 Å². The van der Waals surface area contributed by atoms with Gasteiger partial charge < -0.3 is 0 Å². The van der Waals surface area contributed by atoms with Crippen molar-refractivity contribution in [2.45, 2.75) is 13.0 Å². The van der Waals surface area contributed by atoms with E-state index in [0.717, 1.165) is 5.56 Å². The number of halogens is 1. The Kier molecular flexibility index (Phi) is 3.46. The standard InChI is InChI=1S/C16H12FN5OS/c17-11-1-2-13-12(9-11)14(23)21(15-19-20-16(24)22(13)15)8-5-10-3-6-18-7-4-10/h1-4,6-7,9H,5,8H2,(H,20,24). The van der Waals surface area contributed by atoms with Gasteiger partial charge in [-0.2, -0.15) is 0 Å². The Bertz CT molecular complexity index is 1160.